The smallest absolute Gasteiger partial charge is 0.264 e. The monoisotopic (exact) mass is 611 g/mol. The molecule has 1 fully saturated rings. The van der Waals surface area contributed by atoms with Crippen molar-refractivity contribution in [3.63, 3.8) is 0 Å². The molecule has 1 aromatic heterocycles. The number of hydrogen-bond acceptors (Lipinski definition) is 6. The van der Waals surface area contributed by atoms with E-state index < -0.39 is 17.4 Å². The lowest BCUT2D eigenvalue weighted by Gasteiger charge is -2.31. The number of allylic oxidation sites excluding steroid dienone is 1. The lowest BCUT2D eigenvalue weighted by molar-refractivity contribution is -0.139. The summed E-state index contributed by atoms with van der Waals surface area (Å²) < 4.78 is 1.73. The second-order valence-electron chi connectivity index (χ2n) is 11.3. The summed E-state index contributed by atoms with van der Waals surface area (Å²) in [7, 11) is 0. The maximum Gasteiger partial charge on any atom is 0.264 e. The molecule has 6 rings (SSSR count). The average Bonchev–Trinajstić information content (AvgIpc) is 3.57. The van der Waals surface area contributed by atoms with E-state index in [-0.39, 0.29) is 25.0 Å². The number of aromatic nitrogens is 3. The standard InChI is InChI=1S/C34H34ClN5O4/c1-23(8-5-6-16-38-21-30(36-37-38)28(22-41)25-10-3-2-4-11-25)34(44)29-19-26(35)13-14-31(29)40(33(34)43)20-24-9-7-12-27(18-24)39-17-15-32(39)42/h2-5,7-14,18-19,21,23,28,41,44H,6,15-17,20,22H2,1H3/b8-5+/t23-,28?,34+/m1/s1. The minimum atomic E-state index is -1.80. The summed E-state index contributed by atoms with van der Waals surface area (Å²) in [4.78, 5) is 29.2. The van der Waals surface area contributed by atoms with Gasteiger partial charge < -0.3 is 20.0 Å². The Bertz CT molecular complexity index is 1710. The van der Waals surface area contributed by atoms with Crippen LogP contribution >= 0.6 is 11.6 Å². The van der Waals surface area contributed by atoms with Crippen molar-refractivity contribution in [2.75, 3.05) is 23.0 Å². The van der Waals surface area contributed by atoms with Crippen LogP contribution in [0.5, 0.6) is 0 Å². The third kappa shape index (κ3) is 5.54. The topological polar surface area (TPSA) is 112 Å². The second kappa shape index (κ2) is 12.4. The molecule has 0 aliphatic carbocycles. The molecule has 44 heavy (non-hydrogen) atoms. The van der Waals surface area contributed by atoms with Gasteiger partial charge in [0.2, 0.25) is 5.91 Å². The molecule has 2 amide bonds. The molecular weight excluding hydrogens is 578 g/mol. The Balaban J connectivity index is 1.15. The quantitative estimate of drug-likeness (QED) is 0.186. The van der Waals surface area contributed by atoms with E-state index in [4.69, 9.17) is 11.6 Å². The first-order valence-electron chi connectivity index (χ1n) is 14.8. The van der Waals surface area contributed by atoms with E-state index in [1.165, 1.54) is 0 Å². The number of carbonyl (C=O) groups excluding carboxylic acids is 2. The third-order valence-electron chi connectivity index (χ3n) is 8.55. The van der Waals surface area contributed by atoms with Crippen LogP contribution in [0.2, 0.25) is 5.02 Å². The van der Waals surface area contributed by atoms with E-state index in [2.05, 4.69) is 10.3 Å². The number of amides is 2. The highest BCUT2D eigenvalue weighted by Crippen LogP contribution is 2.47. The number of nitrogens with zero attached hydrogens (tertiary/aromatic N) is 5. The van der Waals surface area contributed by atoms with Gasteiger partial charge in [0.1, 0.15) is 0 Å². The number of fused-ring (bicyclic) bond motifs is 1. The fourth-order valence-electron chi connectivity index (χ4n) is 5.95. The van der Waals surface area contributed by atoms with Crippen LogP contribution in [0.15, 0.2) is 91.1 Å². The second-order valence-corrected chi connectivity index (χ2v) is 11.8. The molecule has 2 N–H and O–H groups in total. The number of aliphatic hydroxyl groups excluding tert-OH is 1. The fraction of sp³-hybridized carbons (Fsp3) is 0.294. The number of hydrogen-bond donors (Lipinski definition) is 2. The van der Waals surface area contributed by atoms with Crippen LogP contribution in [0, 0.1) is 5.92 Å². The highest BCUT2D eigenvalue weighted by Gasteiger charge is 2.52. The molecular formula is C34H34ClN5O4. The number of β-lactam (4-membered cyclic amide) rings is 1. The average molecular weight is 612 g/mol. The van der Waals surface area contributed by atoms with Gasteiger partial charge in [-0.1, -0.05) is 78.4 Å². The zero-order chi connectivity index (χ0) is 30.8. The molecule has 1 unspecified atom stereocenters. The molecule has 2 aliphatic heterocycles. The van der Waals surface area contributed by atoms with E-state index in [0.717, 1.165) is 16.8 Å². The van der Waals surface area contributed by atoms with Gasteiger partial charge >= 0.3 is 0 Å². The summed E-state index contributed by atoms with van der Waals surface area (Å²) in [5.74, 6) is -1.14. The van der Waals surface area contributed by atoms with Gasteiger partial charge in [-0.2, -0.15) is 0 Å². The van der Waals surface area contributed by atoms with Gasteiger partial charge in [-0.05, 0) is 47.9 Å². The van der Waals surface area contributed by atoms with Gasteiger partial charge in [0.15, 0.2) is 5.60 Å². The van der Waals surface area contributed by atoms with Crippen molar-refractivity contribution in [2.24, 2.45) is 5.92 Å². The van der Waals surface area contributed by atoms with Crippen LogP contribution in [-0.2, 0) is 28.3 Å². The van der Waals surface area contributed by atoms with Crippen molar-refractivity contribution in [1.82, 2.24) is 15.0 Å². The van der Waals surface area contributed by atoms with Gasteiger partial charge in [-0.25, -0.2) is 0 Å². The summed E-state index contributed by atoms with van der Waals surface area (Å²) in [5.41, 5.74) is 2.60. The maximum atomic E-state index is 13.9. The van der Waals surface area contributed by atoms with Crippen LogP contribution < -0.4 is 9.80 Å². The van der Waals surface area contributed by atoms with E-state index in [9.17, 15) is 19.8 Å². The first-order valence-corrected chi connectivity index (χ1v) is 15.1. The number of anilines is 2. The molecule has 10 heteroatoms. The van der Waals surface area contributed by atoms with E-state index in [1.807, 2.05) is 79.9 Å². The van der Waals surface area contributed by atoms with E-state index in [0.29, 0.717) is 47.9 Å². The fourth-order valence-corrected chi connectivity index (χ4v) is 6.13. The predicted molar refractivity (Wildman–Crippen MR) is 168 cm³/mol. The maximum absolute atomic E-state index is 13.9. The highest BCUT2D eigenvalue weighted by molar-refractivity contribution is 6.31. The predicted octanol–water partition coefficient (Wildman–Crippen LogP) is 4.81. The zero-order valence-corrected chi connectivity index (χ0v) is 25.1. The van der Waals surface area contributed by atoms with Crippen LogP contribution in [0.25, 0.3) is 0 Å². The van der Waals surface area contributed by atoms with Crippen LogP contribution in [0.4, 0.5) is 11.4 Å². The third-order valence-corrected chi connectivity index (χ3v) is 8.79. The lowest BCUT2D eigenvalue weighted by Crippen LogP contribution is -2.44. The highest BCUT2D eigenvalue weighted by atomic mass is 35.5. The van der Waals surface area contributed by atoms with Crippen molar-refractivity contribution in [2.45, 2.75) is 44.4 Å². The van der Waals surface area contributed by atoms with Gasteiger partial charge in [0.25, 0.3) is 5.91 Å². The SMILES string of the molecule is C[C@H](/C=C/CCn1cc(C(CO)c2ccccc2)nn1)[C@@]1(O)C(=O)N(Cc2cccc(N3CCC3=O)c2)c2ccc(Cl)cc21. The van der Waals surface area contributed by atoms with Crippen LogP contribution in [0.3, 0.4) is 0 Å². The summed E-state index contributed by atoms with van der Waals surface area (Å²) in [6.45, 7) is 3.22. The molecule has 3 aromatic carbocycles. The molecule has 4 aromatic rings. The largest absolute Gasteiger partial charge is 0.395 e. The molecule has 0 radical (unpaired) electrons. The molecule has 226 valence electrons. The summed E-state index contributed by atoms with van der Waals surface area (Å²) in [6, 6.07) is 22.4. The van der Waals surface area contributed by atoms with Crippen molar-refractivity contribution in [3.05, 3.63) is 119 Å². The van der Waals surface area contributed by atoms with Crippen LogP contribution in [0.1, 0.15) is 48.1 Å². The Morgan fingerprint density at radius 2 is 1.89 bits per heavy atom. The molecule has 0 saturated carbocycles. The molecule has 3 atom stereocenters. The molecule has 0 bridgehead atoms. The number of aliphatic hydroxyl groups is 2. The van der Waals surface area contributed by atoms with Crippen LogP contribution in [-0.4, -0.2) is 50.2 Å². The number of benzene rings is 3. The summed E-state index contributed by atoms with van der Waals surface area (Å²) in [6.07, 6.45) is 6.75. The zero-order valence-electron chi connectivity index (χ0n) is 24.4. The van der Waals surface area contributed by atoms with Crippen molar-refractivity contribution >= 4 is 34.8 Å². The van der Waals surface area contributed by atoms with E-state index >= 15 is 0 Å². The minimum Gasteiger partial charge on any atom is -0.395 e. The van der Waals surface area contributed by atoms with Crippen molar-refractivity contribution < 1.29 is 19.8 Å². The van der Waals surface area contributed by atoms with Gasteiger partial charge in [-0.15, -0.1) is 5.10 Å². The molecule has 1 saturated heterocycles. The van der Waals surface area contributed by atoms with Crippen molar-refractivity contribution in [1.29, 1.82) is 0 Å². The summed E-state index contributed by atoms with van der Waals surface area (Å²) in [5, 5.41) is 30.9. The first kappa shape index (κ1) is 29.7. The molecule has 0 spiro atoms. The normalized spacial score (nSPS) is 19.4. The lowest BCUT2D eigenvalue weighted by atomic mass is 9.83. The first-order chi connectivity index (χ1) is 21.3. The Morgan fingerprint density at radius 3 is 2.61 bits per heavy atom. The number of rotatable bonds is 11. The Labute approximate surface area is 261 Å². The number of aryl methyl sites for hydroxylation is 1. The Kier molecular flexibility index (Phi) is 8.35. The van der Waals surface area contributed by atoms with Gasteiger partial charge in [-0.3, -0.25) is 14.3 Å². The number of halogens is 1. The van der Waals surface area contributed by atoms with E-state index in [1.54, 1.807) is 32.7 Å². The number of carbonyl (C=O) groups is 2. The Morgan fingerprint density at radius 1 is 1.07 bits per heavy atom. The van der Waals surface area contributed by atoms with Gasteiger partial charge in [0.05, 0.1) is 30.5 Å². The molecule has 9 nitrogen and oxygen atoms in total. The molecule has 3 heterocycles. The van der Waals surface area contributed by atoms with Gasteiger partial charge in [0, 0.05) is 47.9 Å². The molecule has 2 aliphatic rings. The minimum absolute atomic E-state index is 0.0706. The summed E-state index contributed by atoms with van der Waals surface area (Å²) >= 11 is 6.34. The van der Waals surface area contributed by atoms with Crippen molar-refractivity contribution in [3.8, 4) is 0 Å². The Hall–Kier alpha value is -4.31.